The van der Waals surface area contributed by atoms with Gasteiger partial charge < -0.3 is 0 Å². The number of hydrogen-bond donors (Lipinski definition) is 0. The normalized spacial score (nSPS) is 23.0. The van der Waals surface area contributed by atoms with Crippen LogP contribution in [-0.4, -0.2) is 14.5 Å². The van der Waals surface area contributed by atoms with E-state index in [0.717, 1.165) is 31.6 Å². The molecule has 1 aliphatic rings. The third-order valence-electron chi connectivity index (χ3n) is 2.93. The van der Waals surface area contributed by atoms with Crippen molar-refractivity contribution in [3.05, 3.63) is 5.92 Å². The fraction of sp³-hybridized carbons (Fsp3) is 0.889. The second-order valence-corrected chi connectivity index (χ2v) is 6.96. The highest BCUT2D eigenvalue weighted by atomic mass is 35.5. The fourth-order valence-electron chi connectivity index (χ4n) is 2.03. The van der Waals surface area contributed by atoms with Gasteiger partial charge in [-0.1, -0.05) is 12.8 Å². The molecule has 89 valence electrons. The Kier molecular flexibility index (Phi) is 5.99. The van der Waals surface area contributed by atoms with E-state index in [2.05, 4.69) is 0 Å². The van der Waals surface area contributed by atoms with E-state index in [1.165, 1.54) is 0 Å². The van der Waals surface area contributed by atoms with Crippen LogP contribution in [0, 0.1) is 11.3 Å². The number of rotatable bonds is 3. The molecule has 1 fully saturated rings. The zero-order valence-corrected chi connectivity index (χ0v) is 12.4. The van der Waals surface area contributed by atoms with Gasteiger partial charge in [-0.15, -0.1) is 69.6 Å². The molecule has 0 N–H and O–H groups in total. The molecule has 6 heteroatoms. The monoisotopic (exact) mass is 329 g/mol. The third-order valence-corrected chi connectivity index (χ3v) is 5.01. The summed E-state index contributed by atoms with van der Waals surface area (Å²) in [6, 6.07) is 0. The first kappa shape index (κ1) is 14.8. The first-order chi connectivity index (χ1) is 6.93. The number of alkyl halides is 6. The van der Waals surface area contributed by atoms with Gasteiger partial charge in [0.25, 0.3) is 0 Å². The van der Waals surface area contributed by atoms with Crippen molar-refractivity contribution in [3.8, 4) is 0 Å². The maximum atomic E-state index is 6.01. The molecular formula is C9H11Cl6. The summed E-state index contributed by atoms with van der Waals surface area (Å²) in [6.45, 7) is 0. The Bertz CT molecular complexity index is 195. The van der Waals surface area contributed by atoms with Crippen molar-refractivity contribution in [1.29, 1.82) is 0 Å². The van der Waals surface area contributed by atoms with Crippen molar-refractivity contribution in [2.75, 3.05) is 0 Å². The first-order valence-electron chi connectivity index (χ1n) is 4.63. The second-order valence-electron chi connectivity index (χ2n) is 3.67. The fourth-order valence-corrected chi connectivity index (χ4v) is 4.42. The molecule has 0 saturated heterocycles. The molecule has 0 amide bonds. The van der Waals surface area contributed by atoms with Gasteiger partial charge in [-0.3, -0.25) is 0 Å². The lowest BCUT2D eigenvalue weighted by molar-refractivity contribution is 0.261. The van der Waals surface area contributed by atoms with Crippen LogP contribution in [0.4, 0.5) is 0 Å². The number of halogens is 6. The quantitative estimate of drug-likeness (QED) is 0.596. The molecular weight excluding hydrogens is 321 g/mol. The van der Waals surface area contributed by atoms with E-state index in [4.69, 9.17) is 69.6 Å². The highest BCUT2D eigenvalue weighted by Gasteiger charge is 2.52. The van der Waals surface area contributed by atoms with Crippen LogP contribution in [0.5, 0.6) is 0 Å². The van der Waals surface area contributed by atoms with Crippen molar-refractivity contribution in [2.45, 2.75) is 40.2 Å². The van der Waals surface area contributed by atoms with Crippen molar-refractivity contribution in [2.24, 2.45) is 5.41 Å². The summed E-state index contributed by atoms with van der Waals surface area (Å²) >= 11 is 35.9. The van der Waals surface area contributed by atoms with Crippen LogP contribution in [0.3, 0.4) is 0 Å². The zero-order chi connectivity index (χ0) is 11.6. The van der Waals surface area contributed by atoms with Gasteiger partial charge in [0.2, 0.25) is 0 Å². The van der Waals surface area contributed by atoms with Crippen LogP contribution in [0.1, 0.15) is 25.7 Å². The standard InChI is InChI=1S/C9H11Cl6/c10-6(11)5-3-1-2-4-9(5,7(12)13)8(14)15/h6-8H,1-4H2. The van der Waals surface area contributed by atoms with Gasteiger partial charge in [-0.2, -0.15) is 0 Å². The smallest absolute Gasteiger partial charge is 0.105 e. The third kappa shape index (κ3) is 2.95. The lowest BCUT2D eigenvalue weighted by atomic mass is 9.69. The predicted octanol–water partition coefficient (Wildman–Crippen LogP) is 5.53. The van der Waals surface area contributed by atoms with Crippen molar-refractivity contribution in [1.82, 2.24) is 0 Å². The summed E-state index contributed by atoms with van der Waals surface area (Å²) in [6.07, 6.45) is 3.51. The Morgan fingerprint density at radius 3 is 1.73 bits per heavy atom. The van der Waals surface area contributed by atoms with Crippen molar-refractivity contribution >= 4 is 69.6 Å². The van der Waals surface area contributed by atoms with E-state index in [0.29, 0.717) is 0 Å². The molecule has 15 heavy (non-hydrogen) atoms. The lowest BCUT2D eigenvalue weighted by Crippen LogP contribution is -2.45. The van der Waals surface area contributed by atoms with Gasteiger partial charge in [-0.05, 0) is 12.8 Å². The summed E-state index contributed by atoms with van der Waals surface area (Å²) in [5.41, 5.74) is -0.668. The van der Waals surface area contributed by atoms with Gasteiger partial charge in [0.05, 0.1) is 0 Å². The molecule has 0 spiro atoms. The van der Waals surface area contributed by atoms with Gasteiger partial charge >= 0.3 is 0 Å². The molecule has 0 unspecified atom stereocenters. The van der Waals surface area contributed by atoms with Gasteiger partial charge in [0.1, 0.15) is 14.5 Å². The van der Waals surface area contributed by atoms with E-state index in [-0.39, 0.29) is 0 Å². The van der Waals surface area contributed by atoms with Crippen LogP contribution in [-0.2, 0) is 0 Å². The highest BCUT2D eigenvalue weighted by Crippen LogP contribution is 2.56. The molecule has 0 bridgehead atoms. The average Bonchev–Trinajstić information content (AvgIpc) is 2.16. The summed E-state index contributed by atoms with van der Waals surface area (Å²) < 4.78 is 0. The van der Waals surface area contributed by atoms with Crippen molar-refractivity contribution < 1.29 is 0 Å². The Hall–Kier alpha value is 1.74. The number of hydrogen-bond acceptors (Lipinski definition) is 0. The van der Waals surface area contributed by atoms with E-state index >= 15 is 0 Å². The Labute approximate surface area is 120 Å². The summed E-state index contributed by atoms with van der Waals surface area (Å²) in [7, 11) is 0. The molecule has 1 rings (SSSR count). The second kappa shape index (κ2) is 6.07. The van der Waals surface area contributed by atoms with Crippen molar-refractivity contribution in [3.63, 3.8) is 0 Å². The Morgan fingerprint density at radius 2 is 1.40 bits per heavy atom. The maximum absolute atomic E-state index is 6.01. The van der Waals surface area contributed by atoms with Crippen LogP contribution in [0.25, 0.3) is 0 Å². The molecule has 0 atom stereocenters. The molecule has 0 aromatic rings. The van der Waals surface area contributed by atoms with E-state index < -0.39 is 19.9 Å². The molecule has 0 nitrogen and oxygen atoms in total. The lowest BCUT2D eigenvalue weighted by Gasteiger charge is -2.46. The van der Waals surface area contributed by atoms with Gasteiger partial charge in [0, 0.05) is 11.3 Å². The molecule has 0 aliphatic heterocycles. The Morgan fingerprint density at radius 1 is 0.867 bits per heavy atom. The summed E-state index contributed by atoms with van der Waals surface area (Å²) in [5, 5.41) is 0. The zero-order valence-electron chi connectivity index (χ0n) is 7.83. The van der Waals surface area contributed by atoms with Crippen LogP contribution in [0.2, 0.25) is 0 Å². The maximum Gasteiger partial charge on any atom is 0.116 e. The minimum atomic E-state index is -0.687. The first-order valence-corrected chi connectivity index (χ1v) is 7.25. The molecule has 0 heterocycles. The molecule has 1 radical (unpaired) electrons. The van der Waals surface area contributed by atoms with Crippen LogP contribution < -0.4 is 0 Å². The van der Waals surface area contributed by atoms with E-state index in [9.17, 15) is 0 Å². The minimum absolute atomic E-state index is 0.620. The summed E-state index contributed by atoms with van der Waals surface area (Å²) in [4.78, 5) is -1.99. The predicted molar refractivity (Wildman–Crippen MR) is 70.6 cm³/mol. The summed E-state index contributed by atoms with van der Waals surface area (Å²) in [5.74, 6) is 0.863. The molecule has 1 aliphatic carbocycles. The van der Waals surface area contributed by atoms with E-state index in [1.54, 1.807) is 0 Å². The largest absolute Gasteiger partial charge is 0.116 e. The molecule has 0 aromatic heterocycles. The van der Waals surface area contributed by atoms with Gasteiger partial charge in [0.15, 0.2) is 0 Å². The molecule has 0 aromatic carbocycles. The van der Waals surface area contributed by atoms with E-state index in [1.807, 2.05) is 0 Å². The van der Waals surface area contributed by atoms with Crippen LogP contribution >= 0.6 is 69.6 Å². The molecule has 1 saturated carbocycles. The van der Waals surface area contributed by atoms with Crippen LogP contribution in [0.15, 0.2) is 0 Å². The Balaban J connectivity index is 2.99. The SMILES string of the molecule is ClC(Cl)[C]1CCCCC1(C(Cl)Cl)C(Cl)Cl. The average molecular weight is 332 g/mol. The highest BCUT2D eigenvalue weighted by molar-refractivity contribution is 6.50. The minimum Gasteiger partial charge on any atom is -0.105 e. The van der Waals surface area contributed by atoms with Gasteiger partial charge in [-0.25, -0.2) is 0 Å². The topological polar surface area (TPSA) is 0 Å².